The Morgan fingerprint density at radius 2 is 1.71 bits per heavy atom. The van der Waals surface area contributed by atoms with Crippen LogP contribution in [0.2, 0.25) is 5.02 Å². The van der Waals surface area contributed by atoms with Gasteiger partial charge in [-0.15, -0.1) is 24.0 Å². The maximum absolute atomic E-state index is 11.0. The highest BCUT2D eigenvalue weighted by Crippen LogP contribution is 2.14. The number of hydrogen-bond acceptors (Lipinski definition) is 2. The van der Waals surface area contributed by atoms with Gasteiger partial charge in [0.25, 0.3) is 0 Å². The normalized spacial score (nSPS) is 10.7. The van der Waals surface area contributed by atoms with E-state index in [1.54, 1.807) is 19.2 Å². The molecule has 0 saturated carbocycles. The molecule has 5 nitrogen and oxygen atoms in total. The first-order valence-corrected chi connectivity index (χ1v) is 7.54. The molecule has 128 valence electrons. The van der Waals surface area contributed by atoms with Crippen molar-refractivity contribution in [1.82, 2.24) is 10.6 Å². The first-order valence-electron chi connectivity index (χ1n) is 7.17. The Kier molecular flexibility index (Phi) is 8.56. The third kappa shape index (κ3) is 6.01. The summed E-state index contributed by atoms with van der Waals surface area (Å²) in [6, 6.07) is 14.8. The average molecular weight is 459 g/mol. The molecule has 7 heteroatoms. The van der Waals surface area contributed by atoms with Gasteiger partial charge in [0.1, 0.15) is 0 Å². The van der Waals surface area contributed by atoms with Gasteiger partial charge in [-0.25, -0.2) is 0 Å². The Hall–Kier alpha value is -1.80. The van der Waals surface area contributed by atoms with E-state index in [1.165, 1.54) is 0 Å². The molecule has 0 aliphatic rings. The van der Waals surface area contributed by atoms with Gasteiger partial charge in [-0.1, -0.05) is 41.9 Å². The van der Waals surface area contributed by atoms with E-state index in [0.29, 0.717) is 24.6 Å². The Morgan fingerprint density at radius 1 is 1.08 bits per heavy atom. The number of benzene rings is 2. The molecule has 0 heterocycles. The van der Waals surface area contributed by atoms with Crippen LogP contribution in [0.3, 0.4) is 0 Å². The summed E-state index contributed by atoms with van der Waals surface area (Å²) < 4.78 is 0. The third-order valence-corrected chi connectivity index (χ3v) is 3.69. The highest BCUT2D eigenvalue weighted by Gasteiger charge is 2.03. The van der Waals surface area contributed by atoms with Crippen LogP contribution in [0.4, 0.5) is 0 Å². The van der Waals surface area contributed by atoms with Crippen molar-refractivity contribution in [3.8, 4) is 0 Å². The average Bonchev–Trinajstić information content (AvgIpc) is 2.57. The molecule has 0 saturated heterocycles. The van der Waals surface area contributed by atoms with Crippen LogP contribution in [0.5, 0.6) is 0 Å². The molecule has 24 heavy (non-hydrogen) atoms. The van der Waals surface area contributed by atoms with Crippen LogP contribution in [-0.2, 0) is 13.1 Å². The molecule has 0 bridgehead atoms. The second-order valence-electron chi connectivity index (χ2n) is 4.93. The van der Waals surface area contributed by atoms with E-state index in [1.807, 2.05) is 36.4 Å². The second-order valence-corrected chi connectivity index (χ2v) is 5.34. The minimum absolute atomic E-state index is 0. The number of rotatable bonds is 5. The number of carbonyl (C=O) groups excluding carboxylic acids is 1. The summed E-state index contributed by atoms with van der Waals surface area (Å²) in [5, 5.41) is 7.13. The number of aliphatic imine (C=N–C) groups is 1. The maximum atomic E-state index is 11.0. The van der Waals surface area contributed by atoms with Crippen LogP contribution in [-0.4, -0.2) is 18.9 Å². The van der Waals surface area contributed by atoms with E-state index in [4.69, 9.17) is 17.3 Å². The molecule has 0 fully saturated rings. The quantitative estimate of drug-likeness (QED) is 0.366. The molecule has 0 spiro atoms. The Labute approximate surface area is 163 Å². The molecule has 2 aromatic carbocycles. The van der Waals surface area contributed by atoms with Gasteiger partial charge >= 0.3 is 0 Å². The largest absolute Gasteiger partial charge is 0.366 e. The summed E-state index contributed by atoms with van der Waals surface area (Å²) in [4.78, 5) is 15.2. The summed E-state index contributed by atoms with van der Waals surface area (Å²) in [5.41, 5.74) is 7.74. The minimum Gasteiger partial charge on any atom is -0.366 e. The number of primary amides is 1. The summed E-state index contributed by atoms with van der Waals surface area (Å²) in [7, 11) is 1.71. The van der Waals surface area contributed by atoms with E-state index < -0.39 is 5.91 Å². The summed E-state index contributed by atoms with van der Waals surface area (Å²) in [6.07, 6.45) is 0. The molecule has 0 aliphatic heterocycles. The monoisotopic (exact) mass is 458 g/mol. The van der Waals surface area contributed by atoms with Crippen molar-refractivity contribution in [1.29, 1.82) is 0 Å². The topological polar surface area (TPSA) is 79.5 Å². The van der Waals surface area contributed by atoms with Gasteiger partial charge in [0.2, 0.25) is 5.91 Å². The van der Waals surface area contributed by atoms with Gasteiger partial charge < -0.3 is 16.4 Å². The van der Waals surface area contributed by atoms with Crippen molar-refractivity contribution < 1.29 is 4.79 Å². The fraction of sp³-hybridized carbons (Fsp3) is 0.176. The zero-order valence-electron chi connectivity index (χ0n) is 13.3. The molecule has 0 unspecified atom stereocenters. The maximum Gasteiger partial charge on any atom is 0.248 e. The van der Waals surface area contributed by atoms with E-state index in [0.717, 1.165) is 16.1 Å². The van der Waals surface area contributed by atoms with E-state index in [-0.39, 0.29) is 24.0 Å². The van der Waals surface area contributed by atoms with Crippen molar-refractivity contribution in [2.75, 3.05) is 7.05 Å². The predicted octanol–water partition coefficient (Wildman–Crippen LogP) is 2.92. The van der Waals surface area contributed by atoms with Crippen molar-refractivity contribution in [2.45, 2.75) is 13.1 Å². The Balaban J connectivity index is 0.00000288. The molecule has 4 N–H and O–H groups in total. The lowest BCUT2D eigenvalue weighted by atomic mass is 10.1. The molecule has 0 radical (unpaired) electrons. The SMILES string of the molecule is CN=C(NCc1ccc(C(N)=O)cc1)NCc1ccccc1Cl.I. The Bertz CT molecular complexity index is 704. The molecular weight excluding hydrogens is 439 g/mol. The molecule has 0 aliphatic carbocycles. The number of carbonyl (C=O) groups is 1. The van der Waals surface area contributed by atoms with Gasteiger partial charge in [0, 0.05) is 30.7 Å². The number of guanidine groups is 1. The third-order valence-electron chi connectivity index (χ3n) is 3.33. The first kappa shape index (κ1) is 20.2. The number of nitrogens with zero attached hydrogens (tertiary/aromatic N) is 1. The highest BCUT2D eigenvalue weighted by molar-refractivity contribution is 14.0. The summed E-state index contributed by atoms with van der Waals surface area (Å²) in [6.45, 7) is 1.17. The van der Waals surface area contributed by atoms with Crippen LogP contribution in [0.15, 0.2) is 53.5 Å². The van der Waals surface area contributed by atoms with Crippen molar-refractivity contribution >= 4 is 47.4 Å². The number of halogens is 2. The van der Waals surface area contributed by atoms with Gasteiger partial charge in [-0.2, -0.15) is 0 Å². The van der Waals surface area contributed by atoms with Crippen molar-refractivity contribution in [3.05, 3.63) is 70.2 Å². The fourth-order valence-electron chi connectivity index (χ4n) is 2.01. The van der Waals surface area contributed by atoms with Gasteiger partial charge in [-0.3, -0.25) is 9.79 Å². The van der Waals surface area contributed by atoms with Crippen molar-refractivity contribution in [3.63, 3.8) is 0 Å². The van der Waals surface area contributed by atoms with Gasteiger partial charge in [0.15, 0.2) is 5.96 Å². The number of nitrogens with two attached hydrogens (primary N) is 1. The smallest absolute Gasteiger partial charge is 0.248 e. The standard InChI is InChI=1S/C17H19ClN4O.HI/c1-20-17(22-11-14-4-2-3-5-15(14)18)21-10-12-6-8-13(9-7-12)16(19)23;/h2-9H,10-11H2,1H3,(H2,19,23)(H2,20,21,22);1H. The predicted molar refractivity (Wildman–Crippen MR) is 109 cm³/mol. The summed E-state index contributed by atoms with van der Waals surface area (Å²) >= 11 is 6.13. The van der Waals surface area contributed by atoms with Crippen LogP contribution < -0.4 is 16.4 Å². The number of amides is 1. The molecular formula is C17H20ClIN4O. The molecule has 1 amide bonds. The summed E-state index contributed by atoms with van der Waals surface area (Å²) in [5.74, 6) is 0.241. The van der Waals surface area contributed by atoms with Gasteiger partial charge in [-0.05, 0) is 29.3 Å². The lowest BCUT2D eigenvalue weighted by Gasteiger charge is -2.13. The van der Waals surface area contributed by atoms with Crippen molar-refractivity contribution in [2.24, 2.45) is 10.7 Å². The van der Waals surface area contributed by atoms with Crippen LogP contribution in [0.25, 0.3) is 0 Å². The first-order chi connectivity index (χ1) is 11.1. The van der Waals surface area contributed by atoms with E-state index in [9.17, 15) is 4.79 Å². The molecule has 2 rings (SSSR count). The lowest BCUT2D eigenvalue weighted by Crippen LogP contribution is -2.36. The fourth-order valence-corrected chi connectivity index (χ4v) is 2.22. The molecule has 0 aromatic heterocycles. The van der Waals surface area contributed by atoms with Gasteiger partial charge in [0.05, 0.1) is 0 Å². The molecule has 0 atom stereocenters. The van der Waals surface area contributed by atoms with Crippen LogP contribution in [0, 0.1) is 0 Å². The molecule has 2 aromatic rings. The zero-order chi connectivity index (χ0) is 16.7. The number of hydrogen-bond donors (Lipinski definition) is 3. The lowest BCUT2D eigenvalue weighted by molar-refractivity contribution is 0.100. The van der Waals surface area contributed by atoms with Crippen LogP contribution in [0.1, 0.15) is 21.5 Å². The number of nitrogens with one attached hydrogen (secondary N) is 2. The van der Waals surface area contributed by atoms with E-state index >= 15 is 0 Å². The van der Waals surface area contributed by atoms with Crippen LogP contribution >= 0.6 is 35.6 Å². The van der Waals surface area contributed by atoms with E-state index in [2.05, 4.69) is 15.6 Å². The highest BCUT2D eigenvalue weighted by atomic mass is 127. The zero-order valence-corrected chi connectivity index (χ0v) is 16.3. The second kappa shape index (κ2) is 10.1. The Morgan fingerprint density at radius 3 is 2.29 bits per heavy atom. The minimum atomic E-state index is -0.429.